The Kier molecular flexibility index (Phi) is 5.21. The Morgan fingerprint density at radius 1 is 1.28 bits per heavy atom. The van der Waals surface area contributed by atoms with Crippen LogP contribution in [0.25, 0.3) is 0 Å². The number of nitrogens with zero attached hydrogens (tertiary/aromatic N) is 1. The number of carbonyl (C=O) groups is 1. The Balaban J connectivity index is 1.55. The highest BCUT2D eigenvalue weighted by Crippen LogP contribution is 2.47. The maximum absolute atomic E-state index is 12.2. The van der Waals surface area contributed by atoms with Gasteiger partial charge < -0.3 is 4.42 Å². The number of rotatable bonds is 4. The lowest BCUT2D eigenvalue weighted by Gasteiger charge is -2.19. The van der Waals surface area contributed by atoms with Crippen LogP contribution in [0.2, 0.25) is 0 Å². The summed E-state index contributed by atoms with van der Waals surface area (Å²) in [4.78, 5) is 12.2. The summed E-state index contributed by atoms with van der Waals surface area (Å²) in [5.74, 6) is 0.791. The van der Waals surface area contributed by atoms with Crippen LogP contribution in [0.5, 0.6) is 0 Å². The molecule has 1 saturated carbocycles. The molecule has 1 aliphatic rings. The SMILES string of the molecule is CC(C)(C)c1ccc([C@@H]2C[C@@H]2C(=O)NN=Cc2cc(Br)c(Br)o2)cc1. The Bertz CT molecular complexity index is 784. The van der Waals surface area contributed by atoms with E-state index in [0.717, 1.165) is 10.9 Å². The average molecular weight is 468 g/mol. The zero-order valence-corrected chi connectivity index (χ0v) is 17.5. The largest absolute Gasteiger partial charge is 0.447 e. The predicted octanol–water partition coefficient (Wildman–Crippen LogP) is 5.36. The first-order valence-electron chi connectivity index (χ1n) is 8.14. The quantitative estimate of drug-likeness (QED) is 0.486. The van der Waals surface area contributed by atoms with Crippen LogP contribution in [0.3, 0.4) is 0 Å². The standard InChI is InChI=1S/C19H20Br2N2O2/c1-19(2,3)12-6-4-11(5-7-12)14-9-15(14)18(24)23-22-10-13-8-16(20)17(21)25-13/h4-8,10,14-15H,9H2,1-3H3,(H,23,24)/t14-,15-/m0/s1. The smallest absolute Gasteiger partial charge is 0.243 e. The lowest BCUT2D eigenvalue weighted by Crippen LogP contribution is -2.20. The molecule has 0 saturated heterocycles. The third-order valence-corrected chi connectivity index (χ3v) is 6.07. The maximum atomic E-state index is 12.2. The summed E-state index contributed by atoms with van der Waals surface area (Å²) in [6.07, 6.45) is 2.36. The van der Waals surface area contributed by atoms with Gasteiger partial charge >= 0.3 is 0 Å². The molecule has 2 aromatic rings. The summed E-state index contributed by atoms with van der Waals surface area (Å²) in [5, 5.41) is 3.97. The minimum Gasteiger partial charge on any atom is -0.447 e. The summed E-state index contributed by atoms with van der Waals surface area (Å²) in [6, 6.07) is 10.4. The number of hydrazone groups is 1. The predicted molar refractivity (Wildman–Crippen MR) is 106 cm³/mol. The number of carbonyl (C=O) groups excluding carboxylic acids is 1. The van der Waals surface area contributed by atoms with E-state index < -0.39 is 0 Å². The van der Waals surface area contributed by atoms with E-state index in [1.165, 1.54) is 17.3 Å². The van der Waals surface area contributed by atoms with Crippen LogP contribution in [-0.4, -0.2) is 12.1 Å². The molecule has 1 fully saturated rings. The van der Waals surface area contributed by atoms with Crippen molar-refractivity contribution in [2.24, 2.45) is 11.0 Å². The van der Waals surface area contributed by atoms with Gasteiger partial charge in [0.15, 0.2) is 4.67 Å². The van der Waals surface area contributed by atoms with Gasteiger partial charge in [0.05, 0.1) is 10.7 Å². The van der Waals surface area contributed by atoms with Gasteiger partial charge in [0, 0.05) is 12.0 Å². The molecule has 0 aliphatic heterocycles. The summed E-state index contributed by atoms with van der Waals surface area (Å²) >= 11 is 6.59. The molecule has 1 aromatic heterocycles. The molecule has 0 spiro atoms. The second-order valence-electron chi connectivity index (χ2n) is 7.33. The lowest BCUT2D eigenvalue weighted by atomic mass is 9.86. The van der Waals surface area contributed by atoms with Gasteiger partial charge in [0.2, 0.25) is 5.91 Å². The Morgan fingerprint density at radius 2 is 1.96 bits per heavy atom. The second-order valence-corrected chi connectivity index (χ2v) is 8.90. The van der Waals surface area contributed by atoms with Gasteiger partial charge in [0.25, 0.3) is 0 Å². The normalized spacial score (nSPS) is 20.0. The van der Waals surface area contributed by atoms with Crippen LogP contribution < -0.4 is 5.43 Å². The number of hydrogen-bond donors (Lipinski definition) is 1. The first-order valence-corrected chi connectivity index (χ1v) is 9.72. The Labute approximate surface area is 164 Å². The van der Waals surface area contributed by atoms with Gasteiger partial charge in [-0.25, -0.2) is 5.43 Å². The average Bonchev–Trinajstić information content (AvgIpc) is 3.28. The Morgan fingerprint density at radius 3 is 2.52 bits per heavy atom. The van der Waals surface area contributed by atoms with Gasteiger partial charge in [-0.3, -0.25) is 4.79 Å². The van der Waals surface area contributed by atoms with E-state index in [1.54, 1.807) is 6.07 Å². The number of furan rings is 1. The van der Waals surface area contributed by atoms with Crippen molar-refractivity contribution in [3.63, 3.8) is 0 Å². The van der Waals surface area contributed by atoms with E-state index in [0.29, 0.717) is 10.4 Å². The number of amides is 1. The summed E-state index contributed by atoms with van der Waals surface area (Å²) in [7, 11) is 0. The van der Waals surface area contributed by atoms with E-state index in [9.17, 15) is 4.79 Å². The zero-order chi connectivity index (χ0) is 18.2. The fraction of sp³-hybridized carbons (Fsp3) is 0.368. The molecule has 3 rings (SSSR count). The summed E-state index contributed by atoms with van der Waals surface area (Å²) < 4.78 is 6.78. The topological polar surface area (TPSA) is 54.6 Å². The van der Waals surface area contributed by atoms with Crippen molar-refractivity contribution >= 4 is 44.0 Å². The molecule has 132 valence electrons. The van der Waals surface area contributed by atoms with Gasteiger partial charge in [-0.15, -0.1) is 0 Å². The zero-order valence-electron chi connectivity index (χ0n) is 14.3. The van der Waals surface area contributed by atoms with Crippen LogP contribution in [0.15, 0.2) is 49.0 Å². The maximum Gasteiger partial charge on any atom is 0.243 e. The van der Waals surface area contributed by atoms with Gasteiger partial charge in [-0.2, -0.15) is 5.10 Å². The van der Waals surface area contributed by atoms with Crippen molar-refractivity contribution in [3.8, 4) is 0 Å². The molecule has 2 atom stereocenters. The molecule has 6 heteroatoms. The molecule has 25 heavy (non-hydrogen) atoms. The van der Waals surface area contributed by atoms with Crippen LogP contribution in [-0.2, 0) is 10.2 Å². The molecule has 0 bridgehead atoms. The highest BCUT2D eigenvalue weighted by Gasteiger charge is 2.44. The minimum atomic E-state index is -0.0502. The van der Waals surface area contributed by atoms with Crippen molar-refractivity contribution in [2.75, 3.05) is 0 Å². The van der Waals surface area contributed by atoms with Crippen LogP contribution in [0.4, 0.5) is 0 Å². The first kappa shape index (κ1) is 18.4. The molecular formula is C19H20Br2N2O2. The van der Waals surface area contributed by atoms with Crippen LogP contribution in [0.1, 0.15) is 50.0 Å². The van der Waals surface area contributed by atoms with Crippen molar-refractivity contribution in [3.05, 3.63) is 56.4 Å². The van der Waals surface area contributed by atoms with Crippen molar-refractivity contribution < 1.29 is 9.21 Å². The van der Waals surface area contributed by atoms with E-state index in [1.807, 2.05) is 0 Å². The van der Waals surface area contributed by atoms with E-state index in [4.69, 9.17) is 4.42 Å². The van der Waals surface area contributed by atoms with Gasteiger partial charge in [-0.1, -0.05) is 45.0 Å². The van der Waals surface area contributed by atoms with Crippen LogP contribution >= 0.6 is 31.9 Å². The van der Waals surface area contributed by atoms with Crippen molar-refractivity contribution in [2.45, 2.75) is 38.5 Å². The van der Waals surface area contributed by atoms with E-state index in [-0.39, 0.29) is 23.2 Å². The molecular weight excluding hydrogens is 448 g/mol. The molecule has 0 unspecified atom stereocenters. The fourth-order valence-corrected chi connectivity index (χ4v) is 3.36. The van der Waals surface area contributed by atoms with Crippen molar-refractivity contribution in [1.29, 1.82) is 0 Å². The molecule has 1 amide bonds. The molecule has 0 radical (unpaired) electrons. The molecule has 1 N–H and O–H groups in total. The number of hydrogen-bond acceptors (Lipinski definition) is 3. The lowest BCUT2D eigenvalue weighted by molar-refractivity contribution is -0.122. The molecule has 1 heterocycles. The first-order chi connectivity index (χ1) is 11.8. The highest BCUT2D eigenvalue weighted by atomic mass is 79.9. The number of halogens is 2. The van der Waals surface area contributed by atoms with Gasteiger partial charge in [-0.05, 0) is 60.7 Å². The second kappa shape index (κ2) is 7.08. The van der Waals surface area contributed by atoms with E-state index in [2.05, 4.69) is 87.4 Å². The Hall–Kier alpha value is -1.40. The van der Waals surface area contributed by atoms with Crippen LogP contribution in [0, 0.1) is 5.92 Å². The fourth-order valence-electron chi connectivity index (χ4n) is 2.75. The van der Waals surface area contributed by atoms with Crippen molar-refractivity contribution in [1.82, 2.24) is 5.43 Å². The number of nitrogens with one attached hydrogen (secondary N) is 1. The summed E-state index contributed by atoms with van der Waals surface area (Å²) in [5.41, 5.74) is 5.26. The minimum absolute atomic E-state index is 0.00675. The van der Waals surface area contributed by atoms with E-state index >= 15 is 0 Å². The molecule has 1 aromatic carbocycles. The third kappa shape index (κ3) is 4.42. The number of benzene rings is 1. The monoisotopic (exact) mass is 466 g/mol. The van der Waals surface area contributed by atoms with Gasteiger partial charge in [0.1, 0.15) is 5.76 Å². The third-order valence-electron chi connectivity index (χ3n) is 4.36. The molecule has 1 aliphatic carbocycles. The summed E-state index contributed by atoms with van der Waals surface area (Å²) in [6.45, 7) is 6.59. The highest BCUT2D eigenvalue weighted by molar-refractivity contribution is 9.13. The molecule has 4 nitrogen and oxygen atoms in total.